The molecule has 1 aromatic carbocycles. The lowest BCUT2D eigenvalue weighted by Crippen LogP contribution is -2.36. The number of rotatable bonds is 2. The summed E-state index contributed by atoms with van der Waals surface area (Å²) in [5.74, 6) is 1.14. The van der Waals surface area contributed by atoms with Crippen molar-refractivity contribution < 1.29 is 4.79 Å². The molecule has 1 aromatic heterocycles. The summed E-state index contributed by atoms with van der Waals surface area (Å²) in [6, 6.07) is 12.4. The fraction of sp³-hybridized carbons (Fsp3) is 0.400. The van der Waals surface area contributed by atoms with Crippen LogP contribution in [-0.2, 0) is 6.42 Å². The zero-order chi connectivity index (χ0) is 16.4. The van der Waals surface area contributed by atoms with Gasteiger partial charge in [-0.25, -0.2) is 4.98 Å². The lowest BCUT2D eigenvalue weighted by atomic mass is 10.0. The maximum absolute atomic E-state index is 12.7. The van der Waals surface area contributed by atoms with Gasteiger partial charge in [0.15, 0.2) is 0 Å². The molecular weight excluding hydrogens is 298 g/mol. The van der Waals surface area contributed by atoms with Crippen LogP contribution in [0.1, 0.15) is 41.6 Å². The number of carbonyl (C=O) groups excluding carboxylic acids is 1. The van der Waals surface area contributed by atoms with Crippen molar-refractivity contribution in [3.8, 4) is 0 Å². The maximum Gasteiger partial charge on any atom is 0.255 e. The van der Waals surface area contributed by atoms with Gasteiger partial charge >= 0.3 is 0 Å². The van der Waals surface area contributed by atoms with E-state index >= 15 is 0 Å². The smallest absolute Gasteiger partial charge is 0.255 e. The molecule has 0 spiro atoms. The van der Waals surface area contributed by atoms with E-state index in [0.717, 1.165) is 56.7 Å². The Labute approximate surface area is 143 Å². The first kappa shape index (κ1) is 15.2. The number of aromatic nitrogens is 1. The van der Waals surface area contributed by atoms with E-state index in [-0.39, 0.29) is 5.91 Å². The van der Waals surface area contributed by atoms with E-state index in [4.69, 9.17) is 0 Å². The first-order valence-electron chi connectivity index (χ1n) is 8.94. The molecule has 0 radical (unpaired) electrons. The highest BCUT2D eigenvalue weighted by Crippen LogP contribution is 2.32. The van der Waals surface area contributed by atoms with Crippen molar-refractivity contribution in [3.63, 3.8) is 0 Å². The minimum atomic E-state index is 0.141. The number of pyridine rings is 1. The van der Waals surface area contributed by atoms with Gasteiger partial charge in [0.25, 0.3) is 5.91 Å². The topological polar surface area (TPSA) is 36.4 Å². The number of anilines is 2. The lowest BCUT2D eigenvalue weighted by molar-refractivity contribution is 0.0724. The molecule has 124 valence electrons. The van der Waals surface area contributed by atoms with E-state index in [0.29, 0.717) is 0 Å². The average molecular weight is 321 g/mol. The van der Waals surface area contributed by atoms with Crippen LogP contribution in [-0.4, -0.2) is 35.4 Å². The third-order valence-electron chi connectivity index (χ3n) is 4.98. The van der Waals surface area contributed by atoms with Crippen molar-refractivity contribution in [2.45, 2.75) is 32.1 Å². The molecular formula is C20H23N3O. The second-order valence-corrected chi connectivity index (χ2v) is 6.65. The number of hydrogen-bond donors (Lipinski definition) is 0. The number of benzene rings is 1. The molecule has 24 heavy (non-hydrogen) atoms. The number of carbonyl (C=O) groups is 1. The van der Waals surface area contributed by atoms with Gasteiger partial charge in [-0.05, 0) is 55.9 Å². The lowest BCUT2D eigenvalue weighted by Gasteiger charge is -2.31. The van der Waals surface area contributed by atoms with Crippen LogP contribution in [0.25, 0.3) is 0 Å². The molecule has 0 unspecified atom stereocenters. The molecule has 4 heteroatoms. The van der Waals surface area contributed by atoms with Crippen molar-refractivity contribution in [2.75, 3.05) is 24.5 Å². The van der Waals surface area contributed by atoms with Crippen LogP contribution in [0.2, 0.25) is 0 Å². The Morgan fingerprint density at radius 3 is 2.54 bits per heavy atom. The largest absolute Gasteiger partial charge is 0.339 e. The summed E-state index contributed by atoms with van der Waals surface area (Å²) in [5.41, 5.74) is 3.10. The number of hydrogen-bond acceptors (Lipinski definition) is 3. The van der Waals surface area contributed by atoms with E-state index in [1.54, 1.807) is 6.20 Å². The fourth-order valence-electron chi connectivity index (χ4n) is 3.72. The number of fused-ring (bicyclic) bond motifs is 1. The molecule has 2 aliphatic rings. The second kappa shape index (κ2) is 6.63. The normalized spacial score (nSPS) is 17.5. The Kier molecular flexibility index (Phi) is 4.20. The third kappa shape index (κ3) is 2.88. The summed E-state index contributed by atoms with van der Waals surface area (Å²) in [6.07, 6.45) is 7.31. The zero-order valence-corrected chi connectivity index (χ0v) is 13.9. The molecule has 2 aliphatic heterocycles. The van der Waals surface area contributed by atoms with Gasteiger partial charge in [0.1, 0.15) is 5.82 Å². The molecule has 1 fully saturated rings. The van der Waals surface area contributed by atoms with E-state index in [1.165, 1.54) is 17.7 Å². The fourth-order valence-corrected chi connectivity index (χ4v) is 3.72. The van der Waals surface area contributed by atoms with Gasteiger partial charge in [0.05, 0.1) is 5.56 Å². The standard InChI is InChI=1S/C20H23N3O/c24-20(22-11-5-2-6-12-22)17-14-16-8-7-13-23(19(16)21-15-17)18-9-3-1-4-10-18/h1,3-4,9-10,14-15H,2,5-8,11-13H2. The van der Waals surface area contributed by atoms with Crippen LogP contribution in [0.5, 0.6) is 0 Å². The van der Waals surface area contributed by atoms with Gasteiger partial charge in [-0.3, -0.25) is 4.79 Å². The predicted octanol–water partition coefficient (Wildman–Crippen LogP) is 3.79. The summed E-state index contributed by atoms with van der Waals surface area (Å²) in [7, 11) is 0. The molecule has 4 rings (SSSR count). The van der Waals surface area contributed by atoms with Crippen LogP contribution in [0, 0.1) is 0 Å². The SMILES string of the molecule is O=C(c1cnc2c(c1)CCCN2c1ccccc1)N1CCCCC1. The summed E-state index contributed by atoms with van der Waals surface area (Å²) >= 11 is 0. The van der Waals surface area contributed by atoms with Gasteiger partial charge in [0, 0.05) is 31.5 Å². The van der Waals surface area contributed by atoms with E-state index in [1.807, 2.05) is 11.0 Å². The summed E-state index contributed by atoms with van der Waals surface area (Å²) in [6.45, 7) is 2.74. The number of amides is 1. The highest BCUT2D eigenvalue weighted by molar-refractivity contribution is 5.94. The Balaban J connectivity index is 1.62. The van der Waals surface area contributed by atoms with Gasteiger partial charge < -0.3 is 9.80 Å². The minimum absolute atomic E-state index is 0.141. The predicted molar refractivity (Wildman–Crippen MR) is 95.8 cm³/mol. The van der Waals surface area contributed by atoms with Crippen molar-refractivity contribution >= 4 is 17.4 Å². The molecule has 0 aliphatic carbocycles. The molecule has 4 nitrogen and oxygen atoms in total. The van der Waals surface area contributed by atoms with Crippen molar-refractivity contribution in [2.24, 2.45) is 0 Å². The van der Waals surface area contributed by atoms with Gasteiger partial charge in [-0.2, -0.15) is 0 Å². The quantitative estimate of drug-likeness (QED) is 0.844. The Hall–Kier alpha value is -2.36. The second-order valence-electron chi connectivity index (χ2n) is 6.65. The molecule has 0 N–H and O–H groups in total. The molecule has 1 amide bonds. The highest BCUT2D eigenvalue weighted by atomic mass is 16.2. The Bertz CT molecular complexity index is 723. The number of piperidine rings is 1. The van der Waals surface area contributed by atoms with Gasteiger partial charge in [-0.1, -0.05) is 18.2 Å². The summed E-state index contributed by atoms with van der Waals surface area (Å²) in [5, 5.41) is 0. The van der Waals surface area contributed by atoms with Crippen LogP contribution >= 0.6 is 0 Å². The Morgan fingerprint density at radius 2 is 1.75 bits per heavy atom. The van der Waals surface area contributed by atoms with Crippen molar-refractivity contribution in [3.05, 3.63) is 53.7 Å². The molecule has 3 heterocycles. The van der Waals surface area contributed by atoms with Crippen molar-refractivity contribution in [1.82, 2.24) is 9.88 Å². The number of para-hydroxylation sites is 1. The zero-order valence-electron chi connectivity index (χ0n) is 13.9. The average Bonchev–Trinajstić information content (AvgIpc) is 2.68. The third-order valence-corrected chi connectivity index (χ3v) is 4.98. The number of nitrogens with zero attached hydrogens (tertiary/aromatic N) is 3. The molecule has 1 saturated heterocycles. The first-order valence-corrected chi connectivity index (χ1v) is 8.94. The van der Waals surface area contributed by atoms with Gasteiger partial charge in [-0.15, -0.1) is 0 Å². The van der Waals surface area contributed by atoms with E-state index < -0.39 is 0 Å². The van der Waals surface area contributed by atoms with Crippen LogP contribution in [0.3, 0.4) is 0 Å². The Morgan fingerprint density at radius 1 is 0.958 bits per heavy atom. The minimum Gasteiger partial charge on any atom is -0.339 e. The molecule has 2 aromatic rings. The monoisotopic (exact) mass is 321 g/mol. The first-order chi connectivity index (χ1) is 11.8. The van der Waals surface area contributed by atoms with E-state index in [2.05, 4.69) is 40.2 Å². The van der Waals surface area contributed by atoms with Crippen molar-refractivity contribution in [1.29, 1.82) is 0 Å². The van der Waals surface area contributed by atoms with Crippen LogP contribution < -0.4 is 4.90 Å². The number of aryl methyl sites for hydroxylation is 1. The summed E-state index contributed by atoms with van der Waals surface area (Å²) in [4.78, 5) is 21.6. The number of likely N-dealkylation sites (tertiary alicyclic amines) is 1. The van der Waals surface area contributed by atoms with Gasteiger partial charge in [0.2, 0.25) is 0 Å². The highest BCUT2D eigenvalue weighted by Gasteiger charge is 2.23. The van der Waals surface area contributed by atoms with E-state index in [9.17, 15) is 4.79 Å². The maximum atomic E-state index is 12.7. The van der Waals surface area contributed by atoms with Crippen LogP contribution in [0.4, 0.5) is 11.5 Å². The molecule has 0 bridgehead atoms. The molecule has 0 atom stereocenters. The van der Waals surface area contributed by atoms with Crippen LogP contribution in [0.15, 0.2) is 42.6 Å². The molecule has 0 saturated carbocycles. The summed E-state index contributed by atoms with van der Waals surface area (Å²) < 4.78 is 0.